The van der Waals surface area contributed by atoms with Gasteiger partial charge in [0.1, 0.15) is 5.75 Å². The lowest BCUT2D eigenvalue weighted by Crippen LogP contribution is -2.62. The monoisotopic (exact) mass is 495 g/mol. The average molecular weight is 496 g/mol. The summed E-state index contributed by atoms with van der Waals surface area (Å²) in [5.41, 5.74) is 1.60. The zero-order valence-electron chi connectivity index (χ0n) is 22.2. The molecule has 6 nitrogen and oxygen atoms in total. The summed E-state index contributed by atoms with van der Waals surface area (Å²) in [4.78, 5) is 20.9. The molecule has 0 aromatic heterocycles. The Morgan fingerprint density at radius 1 is 0.973 bits per heavy atom. The molecule has 2 heterocycles. The molecular formula is C31H33N3O3. The van der Waals surface area contributed by atoms with Gasteiger partial charge in [0.25, 0.3) is 0 Å². The van der Waals surface area contributed by atoms with E-state index in [4.69, 9.17) is 9.73 Å². The van der Waals surface area contributed by atoms with E-state index in [9.17, 15) is 9.90 Å². The predicted octanol–water partition coefficient (Wildman–Crippen LogP) is 4.31. The quantitative estimate of drug-likeness (QED) is 0.568. The van der Waals surface area contributed by atoms with E-state index < -0.39 is 28.7 Å². The van der Waals surface area contributed by atoms with E-state index in [1.807, 2.05) is 64.1 Å². The normalized spacial score (nSPS) is 31.1. The first-order valence-electron chi connectivity index (χ1n) is 12.8. The lowest BCUT2D eigenvalue weighted by atomic mass is 9.68. The number of benzene rings is 3. The van der Waals surface area contributed by atoms with Crippen LogP contribution in [0.5, 0.6) is 5.75 Å². The molecule has 5 atom stereocenters. The van der Waals surface area contributed by atoms with Gasteiger partial charge in [-0.1, -0.05) is 66.2 Å². The van der Waals surface area contributed by atoms with Crippen molar-refractivity contribution in [1.82, 2.24) is 10.2 Å². The summed E-state index contributed by atoms with van der Waals surface area (Å²) in [5.74, 6) is -0.301. The fraction of sp³-hybridized carbons (Fsp3) is 0.355. The highest BCUT2D eigenvalue weighted by molar-refractivity contribution is 5.91. The van der Waals surface area contributed by atoms with Crippen molar-refractivity contribution in [3.63, 3.8) is 0 Å². The van der Waals surface area contributed by atoms with Crippen molar-refractivity contribution >= 4 is 11.7 Å². The van der Waals surface area contributed by atoms with Crippen molar-refractivity contribution in [3.8, 4) is 5.75 Å². The van der Waals surface area contributed by atoms with Gasteiger partial charge < -0.3 is 20.1 Å². The third-order valence-corrected chi connectivity index (χ3v) is 8.44. The van der Waals surface area contributed by atoms with E-state index in [-0.39, 0.29) is 5.91 Å². The standard InChI is InChI=1S/C31H33N3O3/c1-18-12-14-23(15-13-18)29-26(22-10-8-7-9-11-22)27(28(35)34(5)6)31(36)30(29,32-21(4)33-31)25-20(3)16-19(2)17-24(25)37-29/h7-17,26-27,36H,1-6H3,(H,32,33)/t26-,27+,29+,30-,31-/m1/s1. The van der Waals surface area contributed by atoms with Gasteiger partial charge >= 0.3 is 0 Å². The van der Waals surface area contributed by atoms with E-state index in [0.29, 0.717) is 11.6 Å². The summed E-state index contributed by atoms with van der Waals surface area (Å²) >= 11 is 0. The van der Waals surface area contributed by atoms with Gasteiger partial charge in [-0.25, -0.2) is 0 Å². The fourth-order valence-corrected chi connectivity index (χ4v) is 7.25. The molecule has 0 bridgehead atoms. The minimum atomic E-state index is -1.73. The maximum absolute atomic E-state index is 14.1. The highest BCUT2D eigenvalue weighted by atomic mass is 16.5. The van der Waals surface area contributed by atoms with Crippen molar-refractivity contribution < 1.29 is 14.6 Å². The topological polar surface area (TPSA) is 74.2 Å². The highest BCUT2D eigenvalue weighted by Crippen LogP contribution is 2.74. The molecule has 0 radical (unpaired) electrons. The third kappa shape index (κ3) is 2.79. The van der Waals surface area contributed by atoms with E-state index in [2.05, 4.69) is 35.6 Å². The van der Waals surface area contributed by atoms with Crippen LogP contribution in [-0.4, -0.2) is 41.6 Å². The fourth-order valence-electron chi connectivity index (χ4n) is 7.25. The number of nitrogens with one attached hydrogen (secondary N) is 1. The summed E-state index contributed by atoms with van der Waals surface area (Å²) in [6, 6.07) is 22.3. The summed E-state index contributed by atoms with van der Waals surface area (Å²) in [6.45, 7) is 7.98. The Morgan fingerprint density at radius 2 is 1.65 bits per heavy atom. The molecule has 6 heteroatoms. The Balaban J connectivity index is 1.81. The number of aliphatic imine (C=N–C) groups is 1. The van der Waals surface area contributed by atoms with Crippen molar-refractivity contribution in [2.24, 2.45) is 10.9 Å². The number of ether oxygens (including phenoxy) is 1. The second-order valence-electron chi connectivity index (χ2n) is 11.1. The van der Waals surface area contributed by atoms with Gasteiger partial charge in [0.15, 0.2) is 16.9 Å². The third-order valence-electron chi connectivity index (χ3n) is 8.44. The van der Waals surface area contributed by atoms with Gasteiger partial charge in [-0.2, -0.15) is 0 Å². The maximum Gasteiger partial charge on any atom is 0.230 e. The van der Waals surface area contributed by atoms with Gasteiger partial charge in [0.05, 0.1) is 11.8 Å². The maximum atomic E-state index is 14.1. The second-order valence-corrected chi connectivity index (χ2v) is 11.1. The van der Waals surface area contributed by atoms with Gasteiger partial charge in [0.2, 0.25) is 5.91 Å². The lowest BCUT2D eigenvalue weighted by molar-refractivity contribution is -0.146. The van der Waals surface area contributed by atoms with E-state index in [1.54, 1.807) is 19.0 Å². The molecule has 3 aromatic carbocycles. The minimum Gasteiger partial charge on any atom is -0.478 e. The van der Waals surface area contributed by atoms with Crippen LogP contribution >= 0.6 is 0 Å². The summed E-state index contributed by atoms with van der Waals surface area (Å²) in [7, 11) is 3.47. The highest BCUT2D eigenvalue weighted by Gasteiger charge is 2.86. The molecule has 37 heavy (non-hydrogen) atoms. The van der Waals surface area contributed by atoms with Gasteiger partial charge in [0, 0.05) is 25.6 Å². The van der Waals surface area contributed by atoms with E-state index >= 15 is 0 Å². The van der Waals surface area contributed by atoms with Crippen LogP contribution < -0.4 is 10.1 Å². The smallest absolute Gasteiger partial charge is 0.230 e. The first-order chi connectivity index (χ1) is 17.6. The number of hydrogen-bond acceptors (Lipinski definition) is 5. The van der Waals surface area contributed by atoms with Crippen LogP contribution in [0.4, 0.5) is 0 Å². The Bertz CT molecular complexity index is 1450. The lowest BCUT2D eigenvalue weighted by Gasteiger charge is -2.42. The number of rotatable bonds is 3. The molecule has 0 unspecified atom stereocenters. The van der Waals surface area contributed by atoms with E-state index in [1.165, 1.54) is 0 Å². The molecule has 190 valence electrons. The molecule has 2 N–H and O–H groups in total. The molecule has 6 rings (SSSR count). The van der Waals surface area contributed by atoms with Gasteiger partial charge in [-0.3, -0.25) is 9.79 Å². The number of carbonyl (C=O) groups is 1. The molecule has 1 spiro atoms. The second kappa shape index (κ2) is 7.68. The minimum absolute atomic E-state index is 0.177. The molecule has 1 aliphatic carbocycles. The first kappa shape index (κ1) is 23.7. The molecule has 1 amide bonds. The number of nitrogens with zero attached hydrogens (tertiary/aromatic N) is 2. The molecule has 2 aliphatic heterocycles. The molecule has 3 aromatic rings. The number of aliphatic hydroxyl groups is 1. The molecule has 0 saturated heterocycles. The zero-order valence-corrected chi connectivity index (χ0v) is 22.2. The van der Waals surface area contributed by atoms with Crippen LogP contribution in [0.2, 0.25) is 0 Å². The van der Waals surface area contributed by atoms with Crippen molar-refractivity contribution in [2.45, 2.75) is 50.5 Å². The summed E-state index contributed by atoms with van der Waals surface area (Å²) in [6.07, 6.45) is 0. The summed E-state index contributed by atoms with van der Waals surface area (Å²) in [5, 5.41) is 16.2. The van der Waals surface area contributed by atoms with Crippen LogP contribution in [-0.2, 0) is 15.9 Å². The Morgan fingerprint density at radius 3 is 2.30 bits per heavy atom. The van der Waals surface area contributed by atoms with Crippen LogP contribution in [0.15, 0.2) is 71.7 Å². The van der Waals surface area contributed by atoms with Crippen LogP contribution in [0.1, 0.15) is 46.2 Å². The molecule has 1 saturated carbocycles. The SMILES string of the molecule is CC1=N[C@]23c4c(C)cc(C)cc4O[C@@]2(c2ccc(C)cc2)[C@H](c2ccccc2)[C@@H](C(=O)N(C)C)[C@]3(O)N1. The van der Waals surface area contributed by atoms with Crippen molar-refractivity contribution in [3.05, 3.63) is 100 Å². The van der Waals surface area contributed by atoms with Crippen molar-refractivity contribution in [1.29, 1.82) is 0 Å². The predicted molar refractivity (Wildman–Crippen MR) is 144 cm³/mol. The summed E-state index contributed by atoms with van der Waals surface area (Å²) < 4.78 is 7.17. The van der Waals surface area contributed by atoms with Crippen LogP contribution in [0.25, 0.3) is 0 Å². The Kier molecular flexibility index (Phi) is 4.93. The van der Waals surface area contributed by atoms with Crippen LogP contribution in [0, 0.1) is 26.7 Å². The number of carbonyl (C=O) groups excluding carboxylic acids is 1. The number of amides is 1. The molecule has 1 fully saturated rings. The number of hydrogen-bond donors (Lipinski definition) is 2. The number of fused-ring (bicyclic) bond motifs is 1. The van der Waals surface area contributed by atoms with Gasteiger partial charge in [-0.05, 0) is 56.0 Å². The molecule has 3 aliphatic rings. The van der Waals surface area contributed by atoms with Crippen LogP contribution in [0.3, 0.4) is 0 Å². The zero-order chi connectivity index (χ0) is 26.3. The Hall–Kier alpha value is -3.64. The Labute approximate surface area is 218 Å². The first-order valence-corrected chi connectivity index (χ1v) is 12.8. The largest absolute Gasteiger partial charge is 0.478 e. The van der Waals surface area contributed by atoms with Gasteiger partial charge in [-0.15, -0.1) is 0 Å². The van der Waals surface area contributed by atoms with E-state index in [0.717, 1.165) is 33.4 Å². The average Bonchev–Trinajstić information content (AvgIpc) is 3.34. The number of amidine groups is 1. The number of aryl methyl sites for hydroxylation is 3. The molecular weight excluding hydrogens is 462 g/mol. The van der Waals surface area contributed by atoms with Crippen molar-refractivity contribution in [2.75, 3.05) is 14.1 Å².